The van der Waals surface area contributed by atoms with E-state index in [1.807, 2.05) is 32.9 Å². The van der Waals surface area contributed by atoms with Crippen LogP contribution in [0.5, 0.6) is 0 Å². The van der Waals surface area contributed by atoms with Crippen molar-refractivity contribution in [2.45, 2.75) is 222 Å². The molecule has 0 aromatic rings. The molecule has 0 saturated carbocycles. The fraction of sp³-hybridized carbons (Fsp3) is 0.894. The van der Waals surface area contributed by atoms with Gasteiger partial charge in [-0.05, 0) is 83.6 Å². The number of methoxy groups -OCH3 is 1. The summed E-state index contributed by atoms with van der Waals surface area (Å²) >= 11 is 0. The molecule has 21 atom stereocenters. The van der Waals surface area contributed by atoms with E-state index in [4.69, 9.17) is 33.2 Å². The van der Waals surface area contributed by atoms with Crippen molar-refractivity contribution in [2.75, 3.05) is 13.7 Å². The maximum atomic E-state index is 13.7. The number of aliphatic hydroxyl groups excluding tert-OH is 5. The van der Waals surface area contributed by atoms with E-state index in [9.17, 15) is 45.6 Å². The molecule has 0 radical (unpaired) electrons. The molecule has 2 bridgehead atoms. The normalized spacial score (nSPS) is 49.3. The summed E-state index contributed by atoms with van der Waals surface area (Å²) in [7, 11) is 1.43. The molecule has 5 heterocycles. The minimum absolute atomic E-state index is 0.0294. The minimum atomic E-state index is -2.13. The van der Waals surface area contributed by atoms with E-state index in [0.29, 0.717) is 45.1 Å². The second-order valence-corrected chi connectivity index (χ2v) is 20.2. The highest BCUT2D eigenvalue weighted by Gasteiger charge is 2.55. The van der Waals surface area contributed by atoms with Crippen molar-refractivity contribution in [3.8, 4) is 0 Å². The van der Waals surface area contributed by atoms with E-state index < -0.39 is 114 Å². The quantitative estimate of drug-likeness (QED) is 0.141. The third-order valence-corrected chi connectivity index (χ3v) is 14.8. The number of esters is 1. The van der Waals surface area contributed by atoms with Crippen molar-refractivity contribution < 1.29 is 78.8 Å². The molecule has 5 aliphatic rings. The molecular weight excluding hydrogens is 821 g/mol. The zero-order chi connectivity index (χ0) is 46.7. The molecule has 0 aromatic carbocycles. The zero-order valence-electron chi connectivity index (χ0n) is 39.0. The molecule has 5 rings (SSSR count). The maximum Gasteiger partial charge on any atom is 0.330 e. The molecule has 1 spiro atoms. The molecule has 0 aromatic heterocycles. The number of rotatable bonds is 6. The molecule has 0 unspecified atom stereocenters. The average Bonchev–Trinajstić information content (AvgIpc) is 3.23. The number of carbonyl (C=O) groups is 1. The molecule has 16 nitrogen and oxygen atoms in total. The monoisotopic (exact) mass is 901 g/mol. The topological polar surface area (TPSA) is 244 Å². The van der Waals surface area contributed by atoms with Crippen molar-refractivity contribution in [3.05, 3.63) is 24.3 Å². The Balaban J connectivity index is 1.49. The Hall–Kier alpha value is -1.61. The third kappa shape index (κ3) is 12.7. The number of fused-ring (bicyclic) bond motifs is 3. The van der Waals surface area contributed by atoms with E-state index in [0.717, 1.165) is 18.6 Å². The number of carbonyl (C=O) groups excluding carboxylic acids is 1. The van der Waals surface area contributed by atoms with Crippen LogP contribution in [0.15, 0.2) is 24.3 Å². The minimum Gasteiger partial charge on any atom is -0.459 e. The number of hydrogen-bond acceptors (Lipinski definition) is 16. The van der Waals surface area contributed by atoms with Crippen molar-refractivity contribution in [3.63, 3.8) is 0 Å². The Kier molecular flexibility index (Phi) is 17.9. The Morgan fingerprint density at radius 3 is 2.30 bits per heavy atom. The summed E-state index contributed by atoms with van der Waals surface area (Å²) in [6.45, 7) is 14.0. The molecule has 63 heavy (non-hydrogen) atoms. The lowest BCUT2D eigenvalue weighted by molar-refractivity contribution is -0.362. The summed E-state index contributed by atoms with van der Waals surface area (Å²) in [5.74, 6) is -5.51. The summed E-state index contributed by atoms with van der Waals surface area (Å²) in [5.41, 5.74) is -3.97. The van der Waals surface area contributed by atoms with Crippen LogP contribution in [0.3, 0.4) is 0 Å². The number of hydrogen-bond donors (Lipinski definition) is 8. The van der Waals surface area contributed by atoms with Gasteiger partial charge in [0.1, 0.15) is 30.0 Å². The highest BCUT2D eigenvalue weighted by Crippen LogP contribution is 2.48. The van der Waals surface area contributed by atoms with Gasteiger partial charge in [-0.15, -0.1) is 0 Å². The lowest BCUT2D eigenvalue weighted by Gasteiger charge is -2.53. The van der Waals surface area contributed by atoms with Crippen molar-refractivity contribution in [2.24, 2.45) is 29.6 Å². The fourth-order valence-corrected chi connectivity index (χ4v) is 10.1. The summed E-state index contributed by atoms with van der Waals surface area (Å²) in [4.78, 5) is 13.7. The Morgan fingerprint density at radius 2 is 1.62 bits per heavy atom. The van der Waals surface area contributed by atoms with Gasteiger partial charge >= 0.3 is 5.97 Å². The first-order valence-electron chi connectivity index (χ1n) is 23.4. The van der Waals surface area contributed by atoms with Crippen LogP contribution in [0.2, 0.25) is 0 Å². The van der Waals surface area contributed by atoms with Gasteiger partial charge < -0.3 is 74.0 Å². The molecule has 364 valence electrons. The molecular formula is C47H80O16. The fourth-order valence-electron chi connectivity index (χ4n) is 10.1. The molecule has 16 heteroatoms. The SMILES string of the molecule is CC[C@H](O)C[C@@H]1O[C@]2(CC[C@H]1C)C[C@@H]1OC(=O)C=C[C@](C)(O)[C@@H](O)[C@H](C)[C@@H](O)[C@@H](O[C@H]3C[C@@H](OC)[C@@H](O)[C@@H](C)O3)[C@H](O)[C@](C)(O)CCCC=C[C@H]3C[C@H](C)CO[C@@]3(O)C[C@H](O2)[C@H]1C. The Bertz CT molecular complexity index is 1520. The summed E-state index contributed by atoms with van der Waals surface area (Å²) < 4.78 is 43.6. The van der Waals surface area contributed by atoms with Crippen LogP contribution in [0.4, 0.5) is 0 Å². The molecule has 8 N–H and O–H groups in total. The van der Waals surface area contributed by atoms with Gasteiger partial charge in [-0.1, -0.05) is 46.8 Å². The standard InChI is InChI=1S/C47H80O16/c1-10-32(48)21-33-27(3)15-19-46(62-33)23-35-28(4)36(63-46)24-47(56)31(20-26(2)25-58-47)14-12-11-13-17-44(7,54)43(53)41(61-38-22-34(57-9)40(51)30(6)59-38)39(50)29(5)42(52)45(8,55)18-16-37(49)60-35/h12,14,16,18,26-36,38-43,48,50-56H,10-11,13,15,17,19-25H2,1-9H3/t26-,27+,28-,29+,30+,31-,32-,33-,34+,35-,36-,38-,39+,40-,41+,42-,43-,44+,45-,46-,47-/m0/s1. The van der Waals surface area contributed by atoms with Crippen LogP contribution in [0.25, 0.3) is 0 Å². The Morgan fingerprint density at radius 1 is 0.905 bits per heavy atom. The van der Waals surface area contributed by atoms with Gasteiger partial charge in [0.15, 0.2) is 17.9 Å². The van der Waals surface area contributed by atoms with E-state index in [1.165, 1.54) is 27.9 Å². The zero-order valence-corrected chi connectivity index (χ0v) is 39.0. The van der Waals surface area contributed by atoms with Crippen molar-refractivity contribution >= 4 is 5.97 Å². The van der Waals surface area contributed by atoms with Crippen LogP contribution >= 0.6 is 0 Å². The van der Waals surface area contributed by atoms with E-state index in [1.54, 1.807) is 6.92 Å². The highest BCUT2D eigenvalue weighted by atomic mass is 16.7. The van der Waals surface area contributed by atoms with Crippen molar-refractivity contribution in [1.82, 2.24) is 0 Å². The number of ether oxygens (including phenoxy) is 7. The summed E-state index contributed by atoms with van der Waals surface area (Å²) in [6, 6.07) is 0. The van der Waals surface area contributed by atoms with Gasteiger partial charge in [-0.3, -0.25) is 0 Å². The predicted molar refractivity (Wildman–Crippen MR) is 229 cm³/mol. The summed E-state index contributed by atoms with van der Waals surface area (Å²) in [5, 5.41) is 92.3. The van der Waals surface area contributed by atoms with E-state index in [2.05, 4.69) is 6.92 Å². The van der Waals surface area contributed by atoms with Crippen LogP contribution in [0.1, 0.15) is 126 Å². The van der Waals surface area contributed by atoms with Crippen LogP contribution in [-0.4, -0.2) is 157 Å². The smallest absolute Gasteiger partial charge is 0.330 e. The van der Waals surface area contributed by atoms with Crippen LogP contribution in [-0.2, 0) is 38.0 Å². The van der Waals surface area contributed by atoms with E-state index >= 15 is 0 Å². The van der Waals surface area contributed by atoms with Gasteiger partial charge in [0.25, 0.3) is 0 Å². The molecule has 0 amide bonds. The van der Waals surface area contributed by atoms with Gasteiger partial charge in [-0.25, -0.2) is 4.79 Å². The summed E-state index contributed by atoms with van der Waals surface area (Å²) in [6.07, 6.45) is -2.72. The average molecular weight is 901 g/mol. The van der Waals surface area contributed by atoms with Crippen LogP contribution < -0.4 is 0 Å². The van der Waals surface area contributed by atoms with Crippen LogP contribution in [0, 0.1) is 29.6 Å². The maximum absolute atomic E-state index is 13.7. The predicted octanol–water partition coefficient (Wildman–Crippen LogP) is 3.16. The molecule has 4 saturated heterocycles. The van der Waals surface area contributed by atoms with Gasteiger partial charge in [0, 0.05) is 56.6 Å². The lowest BCUT2D eigenvalue weighted by Crippen LogP contribution is -2.59. The molecule has 4 fully saturated rings. The second-order valence-electron chi connectivity index (χ2n) is 20.2. The first-order valence-corrected chi connectivity index (χ1v) is 23.4. The highest BCUT2D eigenvalue weighted by molar-refractivity contribution is 5.82. The first-order chi connectivity index (χ1) is 29.4. The van der Waals surface area contributed by atoms with Gasteiger partial charge in [0.05, 0.1) is 54.9 Å². The molecule has 5 aliphatic heterocycles. The number of allylic oxidation sites excluding steroid dienone is 1. The second kappa shape index (κ2) is 21.6. The van der Waals surface area contributed by atoms with E-state index in [-0.39, 0.29) is 43.6 Å². The first kappa shape index (κ1) is 52.4. The molecule has 0 aliphatic carbocycles. The largest absolute Gasteiger partial charge is 0.459 e. The van der Waals surface area contributed by atoms with Crippen molar-refractivity contribution in [1.29, 1.82) is 0 Å². The van der Waals surface area contributed by atoms with Gasteiger partial charge in [-0.2, -0.15) is 0 Å². The number of aliphatic hydroxyl groups is 8. The Labute approximate surface area is 373 Å². The van der Waals surface area contributed by atoms with Gasteiger partial charge in [0.2, 0.25) is 0 Å². The third-order valence-electron chi connectivity index (χ3n) is 14.8. The lowest BCUT2D eigenvalue weighted by atomic mass is 9.77.